The Morgan fingerprint density at radius 3 is 2.31 bits per heavy atom. The normalized spacial score (nSPS) is 14.7. The molecule has 0 radical (unpaired) electrons. The molecule has 0 amide bonds. The topological polar surface area (TPSA) is 44.6 Å². The van der Waals surface area contributed by atoms with E-state index in [0.29, 0.717) is 0 Å². The van der Waals surface area contributed by atoms with Crippen molar-refractivity contribution < 1.29 is 5.11 Å². The molecule has 3 heteroatoms. The summed E-state index contributed by atoms with van der Waals surface area (Å²) < 4.78 is 0. The average Bonchev–Trinajstić information content (AvgIpc) is 2.25. The van der Waals surface area contributed by atoms with E-state index in [0.717, 1.165) is 11.4 Å². The van der Waals surface area contributed by atoms with Crippen LogP contribution in [0.15, 0.2) is 35.3 Å². The van der Waals surface area contributed by atoms with E-state index in [1.54, 1.807) is 13.8 Å². The van der Waals surface area contributed by atoms with Crippen molar-refractivity contribution in [2.45, 2.75) is 32.4 Å². The number of rotatable bonds is 3. The summed E-state index contributed by atoms with van der Waals surface area (Å²) in [5.74, 6) is 0.801. The molecule has 1 unspecified atom stereocenters. The maximum absolute atomic E-state index is 9.84. The second kappa shape index (κ2) is 5.12. The molecule has 0 saturated heterocycles. The zero-order valence-electron chi connectivity index (χ0n) is 10.4. The van der Waals surface area contributed by atoms with Crippen LogP contribution in [-0.2, 0) is 0 Å². The van der Waals surface area contributed by atoms with Gasteiger partial charge >= 0.3 is 0 Å². The SMILES string of the molecule is CN/C(=N\C(C)C(C)(C)O)c1ccccc1. The first kappa shape index (κ1) is 12.7. The fourth-order valence-electron chi connectivity index (χ4n) is 1.23. The van der Waals surface area contributed by atoms with Gasteiger partial charge in [-0.2, -0.15) is 0 Å². The lowest BCUT2D eigenvalue weighted by Crippen LogP contribution is -2.34. The van der Waals surface area contributed by atoms with Crippen LogP contribution in [0.2, 0.25) is 0 Å². The number of benzene rings is 1. The van der Waals surface area contributed by atoms with E-state index in [-0.39, 0.29) is 6.04 Å². The number of aliphatic hydroxyl groups is 1. The molecule has 0 aliphatic heterocycles. The average molecular weight is 220 g/mol. The van der Waals surface area contributed by atoms with Gasteiger partial charge in [-0.1, -0.05) is 30.3 Å². The smallest absolute Gasteiger partial charge is 0.128 e. The molecule has 16 heavy (non-hydrogen) atoms. The summed E-state index contributed by atoms with van der Waals surface area (Å²) in [5, 5.41) is 12.9. The Bertz CT molecular complexity index is 352. The molecular weight excluding hydrogens is 200 g/mol. The lowest BCUT2D eigenvalue weighted by atomic mass is 10.0. The van der Waals surface area contributed by atoms with Crippen LogP contribution in [0.3, 0.4) is 0 Å². The molecular formula is C13H20N2O. The van der Waals surface area contributed by atoms with Crippen LogP contribution in [0.1, 0.15) is 26.3 Å². The minimum Gasteiger partial charge on any atom is -0.388 e. The van der Waals surface area contributed by atoms with Gasteiger partial charge in [0.05, 0.1) is 11.6 Å². The van der Waals surface area contributed by atoms with Crippen LogP contribution < -0.4 is 5.32 Å². The number of hydrogen-bond donors (Lipinski definition) is 2. The van der Waals surface area contributed by atoms with Gasteiger partial charge < -0.3 is 10.4 Å². The second-order valence-corrected chi connectivity index (χ2v) is 4.42. The van der Waals surface area contributed by atoms with Gasteiger partial charge in [0, 0.05) is 12.6 Å². The van der Waals surface area contributed by atoms with Gasteiger partial charge in [0.2, 0.25) is 0 Å². The zero-order valence-corrected chi connectivity index (χ0v) is 10.4. The van der Waals surface area contributed by atoms with Crippen molar-refractivity contribution in [1.82, 2.24) is 5.32 Å². The van der Waals surface area contributed by atoms with E-state index >= 15 is 0 Å². The van der Waals surface area contributed by atoms with Gasteiger partial charge in [-0.25, -0.2) is 0 Å². The third-order valence-electron chi connectivity index (χ3n) is 2.63. The highest BCUT2D eigenvalue weighted by molar-refractivity contribution is 5.98. The Labute approximate surface area is 97.2 Å². The van der Waals surface area contributed by atoms with Crippen LogP contribution in [0.5, 0.6) is 0 Å². The molecule has 2 N–H and O–H groups in total. The van der Waals surface area contributed by atoms with Crippen molar-refractivity contribution in [3.05, 3.63) is 35.9 Å². The summed E-state index contributed by atoms with van der Waals surface area (Å²) in [6, 6.07) is 9.73. The van der Waals surface area contributed by atoms with Crippen LogP contribution in [0.25, 0.3) is 0 Å². The molecule has 0 bridgehead atoms. The minimum atomic E-state index is -0.809. The van der Waals surface area contributed by atoms with E-state index in [1.165, 1.54) is 0 Å². The van der Waals surface area contributed by atoms with Crippen molar-refractivity contribution >= 4 is 5.84 Å². The molecule has 0 aliphatic rings. The number of aliphatic imine (C=N–C) groups is 1. The first-order chi connectivity index (χ1) is 7.45. The van der Waals surface area contributed by atoms with Crippen molar-refractivity contribution in [2.75, 3.05) is 7.05 Å². The summed E-state index contributed by atoms with van der Waals surface area (Å²) in [5.41, 5.74) is 0.220. The summed E-state index contributed by atoms with van der Waals surface area (Å²) >= 11 is 0. The zero-order chi connectivity index (χ0) is 12.2. The first-order valence-corrected chi connectivity index (χ1v) is 5.48. The van der Waals surface area contributed by atoms with Gasteiger partial charge in [-0.3, -0.25) is 4.99 Å². The van der Waals surface area contributed by atoms with Gasteiger partial charge in [-0.05, 0) is 20.8 Å². The van der Waals surface area contributed by atoms with E-state index in [9.17, 15) is 5.11 Å². The largest absolute Gasteiger partial charge is 0.388 e. The fourth-order valence-corrected chi connectivity index (χ4v) is 1.23. The molecule has 0 heterocycles. The van der Waals surface area contributed by atoms with Crippen molar-refractivity contribution in [2.24, 2.45) is 4.99 Å². The van der Waals surface area contributed by atoms with Crippen LogP contribution in [-0.4, -0.2) is 29.6 Å². The highest BCUT2D eigenvalue weighted by Crippen LogP contribution is 2.12. The molecule has 0 spiro atoms. The molecule has 0 aliphatic carbocycles. The van der Waals surface area contributed by atoms with Crippen LogP contribution in [0, 0.1) is 0 Å². The third kappa shape index (κ3) is 3.35. The summed E-state index contributed by atoms with van der Waals surface area (Å²) in [4.78, 5) is 4.49. The lowest BCUT2D eigenvalue weighted by molar-refractivity contribution is 0.0590. The Hall–Kier alpha value is -1.35. The number of nitrogens with one attached hydrogen (secondary N) is 1. The van der Waals surface area contributed by atoms with Crippen molar-refractivity contribution in [3.8, 4) is 0 Å². The Kier molecular flexibility index (Phi) is 4.07. The van der Waals surface area contributed by atoms with Gasteiger partial charge in [-0.15, -0.1) is 0 Å². The molecule has 0 fully saturated rings. The molecule has 1 rings (SSSR count). The highest BCUT2D eigenvalue weighted by Gasteiger charge is 2.22. The molecule has 1 atom stereocenters. The predicted octanol–water partition coefficient (Wildman–Crippen LogP) is 1.81. The first-order valence-electron chi connectivity index (χ1n) is 5.48. The summed E-state index contributed by atoms with van der Waals surface area (Å²) in [6.45, 7) is 5.43. The molecule has 0 aromatic heterocycles. The van der Waals surface area contributed by atoms with Crippen LogP contribution >= 0.6 is 0 Å². The second-order valence-electron chi connectivity index (χ2n) is 4.42. The number of hydrogen-bond acceptors (Lipinski definition) is 2. The number of amidine groups is 1. The van der Waals surface area contributed by atoms with E-state index in [1.807, 2.05) is 44.3 Å². The highest BCUT2D eigenvalue weighted by atomic mass is 16.3. The Balaban J connectivity index is 2.95. The Morgan fingerprint density at radius 2 is 1.88 bits per heavy atom. The molecule has 3 nitrogen and oxygen atoms in total. The van der Waals surface area contributed by atoms with E-state index in [2.05, 4.69) is 10.3 Å². The van der Waals surface area contributed by atoms with Gasteiger partial charge in [0.25, 0.3) is 0 Å². The van der Waals surface area contributed by atoms with Crippen molar-refractivity contribution in [3.63, 3.8) is 0 Å². The molecule has 1 aromatic rings. The summed E-state index contributed by atoms with van der Waals surface area (Å²) in [6.07, 6.45) is 0. The quantitative estimate of drug-likeness (QED) is 0.603. The molecule has 88 valence electrons. The predicted molar refractivity (Wildman–Crippen MR) is 67.8 cm³/mol. The third-order valence-corrected chi connectivity index (χ3v) is 2.63. The fraction of sp³-hybridized carbons (Fsp3) is 0.462. The molecule has 1 aromatic carbocycles. The monoisotopic (exact) mass is 220 g/mol. The van der Waals surface area contributed by atoms with E-state index < -0.39 is 5.60 Å². The van der Waals surface area contributed by atoms with Crippen LogP contribution in [0.4, 0.5) is 0 Å². The Morgan fingerprint density at radius 1 is 1.31 bits per heavy atom. The van der Waals surface area contributed by atoms with Gasteiger partial charge in [0.15, 0.2) is 0 Å². The maximum Gasteiger partial charge on any atom is 0.128 e. The maximum atomic E-state index is 9.84. The van der Waals surface area contributed by atoms with Gasteiger partial charge in [0.1, 0.15) is 5.84 Å². The van der Waals surface area contributed by atoms with Crippen molar-refractivity contribution in [1.29, 1.82) is 0 Å². The molecule has 0 saturated carbocycles. The number of nitrogens with zero attached hydrogens (tertiary/aromatic N) is 1. The minimum absolute atomic E-state index is 0.157. The standard InChI is InChI=1S/C13H20N2O/c1-10(13(2,3)16)15-12(14-4)11-8-6-5-7-9-11/h5-10,16H,1-4H3,(H,14,15). The lowest BCUT2D eigenvalue weighted by Gasteiger charge is -2.23. The summed E-state index contributed by atoms with van der Waals surface area (Å²) in [7, 11) is 1.84. The van der Waals surface area contributed by atoms with E-state index in [4.69, 9.17) is 0 Å².